The SMILES string of the molecule is C=CCO[C@H]1[C@H](OC)O[C@@H]2CO[Si](C(C)C)(C(C)C)O[Si](C(C)C)(C(C)C)O[C@@H]12.CO[C@@H]1O[C@@H]2CO[Si](C(C)C)(C(C)C)O[Si](C(C)C)(C(C)C)O[C@H]2[C@H]1OCCCO. The first kappa shape index (κ1) is 53.4. The predicted molar refractivity (Wildman–Crippen MR) is 240 cm³/mol. The molecule has 4 rings (SSSR count). The third-order valence-electron chi connectivity index (χ3n) is 12.7. The van der Waals surface area contributed by atoms with E-state index in [0.29, 0.717) is 55.0 Å². The second-order valence-electron chi connectivity index (χ2n) is 19.2. The quantitative estimate of drug-likeness (QED) is 0.0848. The zero-order valence-electron chi connectivity index (χ0n) is 40.1. The van der Waals surface area contributed by atoms with Gasteiger partial charge in [0, 0.05) is 27.4 Å². The number of fused-ring (bicyclic) bond motifs is 2. The molecule has 4 aliphatic heterocycles. The molecule has 0 aromatic carbocycles. The van der Waals surface area contributed by atoms with Crippen LogP contribution in [-0.2, 0) is 54.4 Å². The summed E-state index contributed by atoms with van der Waals surface area (Å²) in [4.78, 5) is 0. The van der Waals surface area contributed by atoms with Gasteiger partial charge in [-0.3, -0.25) is 0 Å². The van der Waals surface area contributed by atoms with Crippen LogP contribution in [0.4, 0.5) is 0 Å². The van der Waals surface area contributed by atoms with Gasteiger partial charge in [0.25, 0.3) is 0 Å². The van der Waals surface area contributed by atoms with E-state index in [1.807, 2.05) is 0 Å². The second kappa shape index (κ2) is 22.8. The van der Waals surface area contributed by atoms with Crippen molar-refractivity contribution < 1.29 is 59.5 Å². The molecule has 8 atom stereocenters. The minimum absolute atomic E-state index is 0.0833. The van der Waals surface area contributed by atoms with Crippen molar-refractivity contribution >= 4 is 34.2 Å². The summed E-state index contributed by atoms with van der Waals surface area (Å²) in [6, 6.07) is 0. The van der Waals surface area contributed by atoms with Gasteiger partial charge in [0.15, 0.2) is 12.6 Å². The summed E-state index contributed by atoms with van der Waals surface area (Å²) in [5.74, 6) is 0. The van der Waals surface area contributed by atoms with Crippen molar-refractivity contribution in [2.45, 2.75) is 211 Å². The maximum Gasteiger partial charge on any atom is 0.335 e. The van der Waals surface area contributed by atoms with Gasteiger partial charge in [-0.1, -0.05) is 117 Å². The first-order valence-electron chi connectivity index (χ1n) is 22.5. The molecule has 13 nitrogen and oxygen atoms in total. The Hall–Kier alpha value is 0.0875. The highest BCUT2D eigenvalue weighted by atomic mass is 28.5. The Kier molecular flexibility index (Phi) is 20.7. The third-order valence-corrected chi connectivity index (χ3v) is 33.2. The maximum atomic E-state index is 9.17. The Morgan fingerprint density at radius 3 is 1.19 bits per heavy atom. The number of aliphatic hydroxyl groups is 1. The maximum absolute atomic E-state index is 9.17. The van der Waals surface area contributed by atoms with Crippen LogP contribution < -0.4 is 0 Å². The van der Waals surface area contributed by atoms with Crippen LogP contribution in [0, 0.1) is 0 Å². The van der Waals surface area contributed by atoms with Crippen LogP contribution >= 0.6 is 0 Å². The Morgan fingerprint density at radius 1 is 0.559 bits per heavy atom. The lowest BCUT2D eigenvalue weighted by Gasteiger charge is -2.51. The number of rotatable bonds is 17. The molecular weight excluding hydrogens is 825 g/mol. The highest BCUT2D eigenvalue weighted by Crippen LogP contribution is 2.49. The van der Waals surface area contributed by atoms with Gasteiger partial charge in [-0.25, -0.2) is 0 Å². The summed E-state index contributed by atoms with van der Waals surface area (Å²) in [6.07, 6.45) is -0.570. The highest BCUT2D eigenvalue weighted by Gasteiger charge is 2.64. The normalized spacial score (nSPS) is 31.6. The smallest absolute Gasteiger partial charge is 0.335 e. The van der Waals surface area contributed by atoms with Gasteiger partial charge in [-0.15, -0.1) is 6.58 Å². The van der Waals surface area contributed by atoms with Crippen molar-refractivity contribution in [1.82, 2.24) is 0 Å². The first-order chi connectivity index (χ1) is 27.6. The average molecular weight is 911 g/mol. The Balaban J connectivity index is 0.000000316. The van der Waals surface area contributed by atoms with Crippen LogP contribution in [0.15, 0.2) is 12.7 Å². The van der Waals surface area contributed by atoms with Crippen molar-refractivity contribution in [2.24, 2.45) is 0 Å². The fourth-order valence-corrected chi connectivity index (χ4v) is 31.8. The zero-order valence-corrected chi connectivity index (χ0v) is 44.1. The number of hydrogen-bond donors (Lipinski definition) is 1. The van der Waals surface area contributed by atoms with Crippen LogP contribution in [0.2, 0.25) is 44.3 Å². The molecule has 0 spiro atoms. The van der Waals surface area contributed by atoms with Crippen LogP contribution in [0.5, 0.6) is 0 Å². The topological polar surface area (TPSA) is 131 Å². The molecule has 0 bridgehead atoms. The number of methoxy groups -OCH3 is 2. The van der Waals surface area contributed by atoms with Crippen molar-refractivity contribution in [1.29, 1.82) is 0 Å². The first-order valence-corrected chi connectivity index (χ1v) is 30.3. The summed E-state index contributed by atoms with van der Waals surface area (Å²) in [6.45, 7) is 40.9. The number of ether oxygens (including phenoxy) is 6. The Bertz CT molecular complexity index is 1220. The van der Waals surface area contributed by atoms with Gasteiger partial charge in [-0.05, 0) is 50.8 Å². The molecule has 59 heavy (non-hydrogen) atoms. The molecular formula is C42H86O13Si4. The molecule has 0 radical (unpaired) electrons. The lowest BCUT2D eigenvalue weighted by Crippen LogP contribution is -2.66. The van der Waals surface area contributed by atoms with E-state index < -0.39 is 46.8 Å². The standard InChI is InChI=1S/C21H44O7Si2.C21H42O6Si2/c1-14(2)29(15(3)4)25-13-18-19(27-30(28-29,16(5)6)17(7)8)20(21(23-9)26-18)24-12-10-11-22;1-11-12-23-20-19-18(25-21(20)22-10)13-24-28(14(2)3,15(4)5)27-29(26-19,16(6)7)17(8)9/h14-22H,10-13H2,1-9H3;11,14-21H,1,12-13H2,2-10H3/t2*18-,19-,20-,21-/m11/s1. The Morgan fingerprint density at radius 2 is 0.898 bits per heavy atom. The Labute approximate surface area is 363 Å². The summed E-state index contributed by atoms with van der Waals surface area (Å²) < 4.78 is 77.7. The van der Waals surface area contributed by atoms with Crippen molar-refractivity contribution in [3.8, 4) is 0 Å². The molecule has 0 saturated carbocycles. The lowest BCUT2D eigenvalue weighted by molar-refractivity contribution is -0.165. The molecule has 0 unspecified atom stereocenters. The summed E-state index contributed by atoms with van der Waals surface area (Å²) in [7, 11) is -7.30. The van der Waals surface area contributed by atoms with Crippen LogP contribution in [0.25, 0.3) is 0 Å². The van der Waals surface area contributed by atoms with E-state index in [4.69, 9.17) is 59.5 Å². The summed E-state index contributed by atoms with van der Waals surface area (Å²) in [5.41, 5.74) is 2.19. The number of hydrogen-bond acceptors (Lipinski definition) is 13. The highest BCUT2D eigenvalue weighted by molar-refractivity contribution is 6.84. The van der Waals surface area contributed by atoms with Crippen molar-refractivity contribution in [2.75, 3.05) is 47.3 Å². The fourth-order valence-electron chi connectivity index (χ4n) is 9.41. The van der Waals surface area contributed by atoms with Gasteiger partial charge < -0.3 is 59.5 Å². The second-order valence-corrected chi connectivity index (χ2v) is 36.9. The van der Waals surface area contributed by atoms with E-state index >= 15 is 0 Å². The molecule has 4 aliphatic rings. The molecule has 0 aliphatic carbocycles. The van der Waals surface area contributed by atoms with Gasteiger partial charge in [0.1, 0.15) is 36.6 Å². The minimum atomic E-state index is -2.73. The molecule has 4 fully saturated rings. The largest absolute Gasteiger partial charge is 0.414 e. The fraction of sp³-hybridized carbons (Fsp3) is 0.952. The van der Waals surface area contributed by atoms with E-state index in [0.717, 1.165) is 0 Å². The molecule has 1 N–H and O–H groups in total. The molecule has 348 valence electrons. The van der Waals surface area contributed by atoms with Crippen molar-refractivity contribution in [3.63, 3.8) is 0 Å². The summed E-state index contributed by atoms with van der Waals surface area (Å²) >= 11 is 0. The minimum Gasteiger partial charge on any atom is -0.414 e. The van der Waals surface area contributed by atoms with Gasteiger partial charge in [0.05, 0.1) is 19.8 Å². The van der Waals surface area contributed by atoms with E-state index in [2.05, 4.69) is 117 Å². The monoisotopic (exact) mass is 911 g/mol. The van der Waals surface area contributed by atoms with Gasteiger partial charge >= 0.3 is 34.2 Å². The van der Waals surface area contributed by atoms with E-state index in [1.54, 1.807) is 20.3 Å². The van der Waals surface area contributed by atoms with E-state index in [9.17, 15) is 0 Å². The van der Waals surface area contributed by atoms with E-state index in [1.165, 1.54) is 0 Å². The van der Waals surface area contributed by atoms with Crippen LogP contribution in [-0.4, -0.2) is 136 Å². The van der Waals surface area contributed by atoms with Gasteiger partial charge in [0.2, 0.25) is 0 Å². The third kappa shape index (κ3) is 11.3. The number of aliphatic hydroxyl groups excluding tert-OH is 1. The molecule has 17 heteroatoms. The molecule has 4 heterocycles. The van der Waals surface area contributed by atoms with Crippen LogP contribution in [0.1, 0.15) is 117 Å². The molecule has 0 amide bonds. The van der Waals surface area contributed by atoms with E-state index in [-0.39, 0.29) is 65.4 Å². The van der Waals surface area contributed by atoms with Crippen molar-refractivity contribution in [3.05, 3.63) is 12.7 Å². The van der Waals surface area contributed by atoms with Crippen LogP contribution in [0.3, 0.4) is 0 Å². The average Bonchev–Trinajstić information content (AvgIpc) is 3.64. The molecule has 0 aromatic rings. The zero-order chi connectivity index (χ0) is 44.7. The summed E-state index contributed by atoms with van der Waals surface area (Å²) in [5, 5.41) is 9.17. The predicted octanol–water partition coefficient (Wildman–Crippen LogP) is 8.97. The lowest BCUT2D eigenvalue weighted by atomic mass is 10.1. The van der Waals surface area contributed by atoms with Gasteiger partial charge in [-0.2, -0.15) is 0 Å². The molecule has 4 saturated heterocycles. The molecule has 0 aromatic heterocycles.